The summed E-state index contributed by atoms with van der Waals surface area (Å²) in [5.41, 5.74) is 12.3. The van der Waals surface area contributed by atoms with Gasteiger partial charge in [-0.1, -0.05) is 164 Å². The van der Waals surface area contributed by atoms with Crippen LogP contribution < -0.4 is 0 Å². The largest absolute Gasteiger partial charge is 0.455 e. The van der Waals surface area contributed by atoms with E-state index in [1.807, 2.05) is 60.7 Å². The average molecular weight is 717 g/mol. The van der Waals surface area contributed by atoms with Crippen molar-refractivity contribution in [3.05, 3.63) is 194 Å². The van der Waals surface area contributed by atoms with Crippen LogP contribution in [0.1, 0.15) is 0 Å². The Morgan fingerprint density at radius 2 is 0.821 bits per heavy atom. The minimum atomic E-state index is 0.630. The van der Waals surface area contributed by atoms with Crippen LogP contribution in [0.15, 0.2) is 199 Å². The van der Waals surface area contributed by atoms with Crippen molar-refractivity contribution in [2.45, 2.75) is 0 Å². The average Bonchev–Trinajstić information content (AvgIpc) is 3.82. The van der Waals surface area contributed by atoms with Crippen molar-refractivity contribution in [1.29, 1.82) is 0 Å². The molecule has 5 heteroatoms. The Morgan fingerprint density at radius 1 is 0.339 bits per heavy atom. The summed E-state index contributed by atoms with van der Waals surface area (Å²) < 4.78 is 9.19. The summed E-state index contributed by atoms with van der Waals surface area (Å²) >= 11 is 0. The SMILES string of the molecule is c1ccc(-c2nc(-c3ccccc3)nc(-c3ccc(-c4ccc5c(c4)oc4c(-c6ccccc6-n6c7ccccc7c7ccccc76)cccc45)cc3)n2)cc1. The van der Waals surface area contributed by atoms with Gasteiger partial charge in [-0.2, -0.15) is 0 Å². The maximum atomic E-state index is 6.81. The minimum absolute atomic E-state index is 0.630. The zero-order valence-corrected chi connectivity index (χ0v) is 30.2. The highest BCUT2D eigenvalue weighted by Crippen LogP contribution is 2.41. The summed E-state index contributed by atoms with van der Waals surface area (Å²) in [7, 11) is 0. The van der Waals surface area contributed by atoms with Gasteiger partial charge in [0.25, 0.3) is 0 Å². The molecule has 8 aromatic carbocycles. The Hall–Kier alpha value is -7.63. The van der Waals surface area contributed by atoms with E-state index < -0.39 is 0 Å². The zero-order valence-electron chi connectivity index (χ0n) is 30.2. The van der Waals surface area contributed by atoms with Gasteiger partial charge >= 0.3 is 0 Å². The van der Waals surface area contributed by atoms with E-state index in [4.69, 9.17) is 19.4 Å². The lowest BCUT2D eigenvalue weighted by Crippen LogP contribution is -2.00. The smallest absolute Gasteiger partial charge is 0.164 e. The molecule has 0 saturated carbocycles. The highest BCUT2D eigenvalue weighted by molar-refractivity contribution is 6.12. The molecule has 0 amide bonds. The third-order valence-corrected chi connectivity index (χ3v) is 10.7. The van der Waals surface area contributed by atoms with E-state index in [-0.39, 0.29) is 0 Å². The van der Waals surface area contributed by atoms with Gasteiger partial charge in [0, 0.05) is 49.4 Å². The molecule has 0 aliphatic rings. The first-order valence-corrected chi connectivity index (χ1v) is 18.8. The monoisotopic (exact) mass is 716 g/mol. The van der Waals surface area contributed by atoms with Crippen LogP contribution in [0.5, 0.6) is 0 Å². The Morgan fingerprint density at radius 3 is 1.46 bits per heavy atom. The number of rotatable bonds is 6. The van der Waals surface area contributed by atoms with E-state index >= 15 is 0 Å². The number of furan rings is 1. The molecular weight excluding hydrogens is 685 g/mol. The van der Waals surface area contributed by atoms with Gasteiger partial charge in [0.05, 0.1) is 16.7 Å². The summed E-state index contributed by atoms with van der Waals surface area (Å²) in [6, 6.07) is 67.4. The van der Waals surface area contributed by atoms with Gasteiger partial charge in [0.2, 0.25) is 0 Å². The fourth-order valence-electron chi connectivity index (χ4n) is 8.02. The van der Waals surface area contributed by atoms with Crippen LogP contribution in [-0.4, -0.2) is 19.5 Å². The number of fused-ring (bicyclic) bond motifs is 6. The second-order valence-electron chi connectivity index (χ2n) is 14.0. The molecular formula is C51H32N4O. The van der Waals surface area contributed by atoms with Gasteiger partial charge in [-0.15, -0.1) is 0 Å². The first-order valence-electron chi connectivity index (χ1n) is 18.8. The third kappa shape index (κ3) is 5.29. The van der Waals surface area contributed by atoms with E-state index in [1.165, 1.54) is 21.8 Å². The van der Waals surface area contributed by atoms with E-state index in [0.717, 1.165) is 66.6 Å². The third-order valence-electron chi connectivity index (χ3n) is 10.7. The Labute approximate surface area is 322 Å². The Bertz CT molecular complexity index is 3130. The molecule has 0 spiro atoms. The van der Waals surface area contributed by atoms with Crippen molar-refractivity contribution in [1.82, 2.24) is 19.5 Å². The van der Waals surface area contributed by atoms with Crippen molar-refractivity contribution in [3.63, 3.8) is 0 Å². The van der Waals surface area contributed by atoms with Crippen LogP contribution in [-0.2, 0) is 0 Å². The van der Waals surface area contributed by atoms with Gasteiger partial charge in [0.1, 0.15) is 11.2 Å². The maximum absolute atomic E-state index is 6.81. The van der Waals surface area contributed by atoms with Gasteiger partial charge in [-0.05, 0) is 41.5 Å². The second kappa shape index (κ2) is 13.0. The molecule has 11 rings (SSSR count). The van der Waals surface area contributed by atoms with E-state index in [0.29, 0.717) is 17.5 Å². The van der Waals surface area contributed by atoms with Crippen molar-refractivity contribution < 1.29 is 4.42 Å². The second-order valence-corrected chi connectivity index (χ2v) is 14.0. The van der Waals surface area contributed by atoms with E-state index in [2.05, 4.69) is 138 Å². The van der Waals surface area contributed by atoms with Crippen LogP contribution >= 0.6 is 0 Å². The number of nitrogens with zero attached hydrogens (tertiary/aromatic N) is 4. The number of aromatic nitrogens is 4. The minimum Gasteiger partial charge on any atom is -0.455 e. The molecule has 56 heavy (non-hydrogen) atoms. The molecule has 0 aliphatic carbocycles. The van der Waals surface area contributed by atoms with Crippen LogP contribution in [0.25, 0.3) is 106 Å². The molecule has 11 aromatic rings. The van der Waals surface area contributed by atoms with E-state index in [9.17, 15) is 0 Å². The highest BCUT2D eigenvalue weighted by atomic mass is 16.3. The molecule has 0 aliphatic heterocycles. The van der Waals surface area contributed by atoms with Gasteiger partial charge in [0.15, 0.2) is 17.5 Å². The Balaban J connectivity index is 0.986. The maximum Gasteiger partial charge on any atom is 0.164 e. The van der Waals surface area contributed by atoms with Crippen molar-refractivity contribution in [3.8, 4) is 62.1 Å². The molecule has 5 nitrogen and oxygen atoms in total. The van der Waals surface area contributed by atoms with Crippen LogP contribution in [0, 0.1) is 0 Å². The lowest BCUT2D eigenvalue weighted by Gasteiger charge is -2.14. The lowest BCUT2D eigenvalue weighted by molar-refractivity contribution is 0.670. The molecule has 0 atom stereocenters. The molecule has 0 N–H and O–H groups in total. The number of hydrogen-bond acceptors (Lipinski definition) is 4. The quantitative estimate of drug-likeness (QED) is 0.172. The first kappa shape index (κ1) is 31.9. The zero-order chi connectivity index (χ0) is 37.0. The standard InChI is InChI=1S/C51H32N4O/c1-3-14-34(15-4-1)49-52-50(35-16-5-2-6-17-35)54-51(53-49)36-28-26-33(27-29-36)37-30-31-41-43-22-13-21-42(48(43)56-47(41)32-37)40-20-9-12-25-46(40)55-44-23-10-7-18-38(44)39-19-8-11-24-45(39)55/h1-32H. The summed E-state index contributed by atoms with van der Waals surface area (Å²) in [6.45, 7) is 0. The van der Waals surface area contributed by atoms with E-state index in [1.54, 1.807) is 0 Å². The molecule has 3 aromatic heterocycles. The van der Waals surface area contributed by atoms with Crippen molar-refractivity contribution >= 4 is 43.7 Å². The molecule has 262 valence electrons. The molecule has 3 heterocycles. The lowest BCUT2D eigenvalue weighted by atomic mass is 9.99. The summed E-state index contributed by atoms with van der Waals surface area (Å²) in [5, 5.41) is 4.66. The number of benzene rings is 8. The summed E-state index contributed by atoms with van der Waals surface area (Å²) in [5.74, 6) is 1.92. The number of para-hydroxylation sites is 4. The highest BCUT2D eigenvalue weighted by Gasteiger charge is 2.19. The molecule has 0 saturated heterocycles. The van der Waals surface area contributed by atoms with Gasteiger partial charge < -0.3 is 8.98 Å². The topological polar surface area (TPSA) is 56.7 Å². The molecule has 0 fully saturated rings. The summed E-state index contributed by atoms with van der Waals surface area (Å²) in [4.78, 5) is 14.7. The fraction of sp³-hybridized carbons (Fsp3) is 0. The number of hydrogen-bond donors (Lipinski definition) is 0. The fourth-order valence-corrected chi connectivity index (χ4v) is 8.02. The van der Waals surface area contributed by atoms with Crippen LogP contribution in [0.3, 0.4) is 0 Å². The van der Waals surface area contributed by atoms with Crippen LogP contribution in [0.2, 0.25) is 0 Å². The van der Waals surface area contributed by atoms with Crippen LogP contribution in [0.4, 0.5) is 0 Å². The first-order chi connectivity index (χ1) is 27.8. The Kier molecular flexibility index (Phi) is 7.42. The summed E-state index contributed by atoms with van der Waals surface area (Å²) in [6.07, 6.45) is 0. The predicted molar refractivity (Wildman–Crippen MR) is 229 cm³/mol. The van der Waals surface area contributed by atoms with Crippen molar-refractivity contribution in [2.75, 3.05) is 0 Å². The molecule has 0 unspecified atom stereocenters. The van der Waals surface area contributed by atoms with Gasteiger partial charge in [-0.25, -0.2) is 15.0 Å². The van der Waals surface area contributed by atoms with Crippen molar-refractivity contribution in [2.24, 2.45) is 0 Å². The predicted octanol–water partition coefficient (Wildman–Crippen LogP) is 13.2. The van der Waals surface area contributed by atoms with Gasteiger partial charge in [-0.3, -0.25) is 0 Å². The molecule has 0 bridgehead atoms. The molecule has 0 radical (unpaired) electrons. The normalized spacial score (nSPS) is 11.6.